The van der Waals surface area contributed by atoms with Crippen LogP contribution in [0.25, 0.3) is 11.3 Å². The van der Waals surface area contributed by atoms with Crippen LogP contribution in [0.15, 0.2) is 30.5 Å². The van der Waals surface area contributed by atoms with Crippen LogP contribution in [0, 0.1) is 11.2 Å². The minimum atomic E-state index is -0.200. The van der Waals surface area contributed by atoms with Crippen LogP contribution in [0.4, 0.5) is 4.39 Å². The minimum absolute atomic E-state index is 0. The predicted molar refractivity (Wildman–Crippen MR) is 95.7 cm³/mol. The summed E-state index contributed by atoms with van der Waals surface area (Å²) in [5.41, 5.74) is 3.00. The number of nitrogens with one attached hydrogen (secondary N) is 2. The van der Waals surface area contributed by atoms with Gasteiger partial charge in [0.2, 0.25) is 0 Å². The Hall–Kier alpha value is -1.43. The van der Waals surface area contributed by atoms with Crippen LogP contribution in [-0.4, -0.2) is 41.3 Å². The largest absolute Gasteiger partial charge is 0.317 e. The highest BCUT2D eigenvalue weighted by Crippen LogP contribution is 2.39. The van der Waals surface area contributed by atoms with E-state index in [1.54, 1.807) is 6.07 Å². The molecule has 4 rings (SSSR count). The van der Waals surface area contributed by atoms with Crippen LogP contribution < -0.4 is 5.32 Å². The van der Waals surface area contributed by atoms with E-state index < -0.39 is 0 Å². The molecule has 24 heavy (non-hydrogen) atoms. The van der Waals surface area contributed by atoms with Crippen molar-refractivity contribution in [2.45, 2.75) is 25.8 Å². The van der Waals surface area contributed by atoms with Gasteiger partial charge in [-0.15, -0.1) is 12.4 Å². The smallest absolute Gasteiger partial charge is 0.132 e. The first kappa shape index (κ1) is 17.4. The van der Waals surface area contributed by atoms with Crippen molar-refractivity contribution >= 4 is 12.4 Å². The van der Waals surface area contributed by atoms with Gasteiger partial charge in [-0.1, -0.05) is 12.1 Å². The average molecular weight is 351 g/mol. The van der Waals surface area contributed by atoms with Gasteiger partial charge in [-0.25, -0.2) is 4.39 Å². The Kier molecular flexibility index (Phi) is 5.23. The molecular weight excluding hydrogens is 327 g/mol. The Bertz CT molecular complexity index is 681. The first-order valence-electron chi connectivity index (χ1n) is 8.46. The van der Waals surface area contributed by atoms with Crippen molar-refractivity contribution < 1.29 is 4.39 Å². The molecule has 1 spiro atoms. The number of benzene rings is 1. The number of hydrogen-bond acceptors (Lipinski definition) is 3. The van der Waals surface area contributed by atoms with Gasteiger partial charge in [-0.2, -0.15) is 5.10 Å². The third-order valence-electron chi connectivity index (χ3n) is 5.44. The quantitative estimate of drug-likeness (QED) is 0.893. The number of nitrogens with zero attached hydrogens (tertiary/aromatic N) is 2. The molecule has 4 nitrogen and oxygen atoms in total. The average Bonchev–Trinajstić information content (AvgIpc) is 3.17. The van der Waals surface area contributed by atoms with Gasteiger partial charge in [0.1, 0.15) is 5.82 Å². The zero-order valence-electron chi connectivity index (χ0n) is 13.7. The van der Waals surface area contributed by atoms with Gasteiger partial charge in [0.05, 0.1) is 11.9 Å². The summed E-state index contributed by atoms with van der Waals surface area (Å²) in [6.07, 6.45) is 5.67. The van der Waals surface area contributed by atoms with Crippen LogP contribution in [0.5, 0.6) is 0 Å². The van der Waals surface area contributed by atoms with Crippen LogP contribution in [0.2, 0.25) is 0 Å². The maximum absolute atomic E-state index is 14.1. The van der Waals surface area contributed by atoms with E-state index >= 15 is 0 Å². The Labute approximate surface area is 148 Å². The molecule has 6 heteroatoms. The molecule has 0 radical (unpaired) electrons. The Morgan fingerprint density at radius 3 is 2.75 bits per heavy atom. The molecule has 2 fully saturated rings. The van der Waals surface area contributed by atoms with E-state index in [2.05, 4.69) is 20.4 Å². The van der Waals surface area contributed by atoms with E-state index in [1.165, 1.54) is 25.3 Å². The highest BCUT2D eigenvalue weighted by atomic mass is 35.5. The molecular formula is C18H24ClFN4. The molecule has 0 amide bonds. The van der Waals surface area contributed by atoms with Crippen molar-refractivity contribution in [1.82, 2.24) is 20.4 Å². The third kappa shape index (κ3) is 3.34. The van der Waals surface area contributed by atoms with E-state index in [-0.39, 0.29) is 18.2 Å². The summed E-state index contributed by atoms with van der Waals surface area (Å²) in [6, 6.07) is 6.89. The molecule has 3 heterocycles. The fraction of sp³-hybridized carbons (Fsp3) is 0.500. The molecule has 0 atom stereocenters. The van der Waals surface area contributed by atoms with Gasteiger partial charge in [0, 0.05) is 24.2 Å². The number of piperidine rings is 1. The van der Waals surface area contributed by atoms with E-state index in [0.29, 0.717) is 11.0 Å². The Morgan fingerprint density at radius 1 is 1.17 bits per heavy atom. The minimum Gasteiger partial charge on any atom is -0.317 e. The molecule has 1 aromatic carbocycles. The summed E-state index contributed by atoms with van der Waals surface area (Å²) in [6.45, 7) is 5.40. The van der Waals surface area contributed by atoms with E-state index in [0.717, 1.165) is 44.0 Å². The third-order valence-corrected chi connectivity index (χ3v) is 5.44. The lowest BCUT2D eigenvalue weighted by Crippen LogP contribution is -2.38. The highest BCUT2D eigenvalue weighted by molar-refractivity contribution is 5.85. The first-order valence-corrected chi connectivity index (χ1v) is 8.46. The van der Waals surface area contributed by atoms with Gasteiger partial charge in [0.15, 0.2) is 0 Å². The fourth-order valence-electron chi connectivity index (χ4n) is 4.10. The molecule has 2 N–H and O–H groups in total. The van der Waals surface area contributed by atoms with Crippen molar-refractivity contribution in [3.8, 4) is 11.3 Å². The fourth-order valence-corrected chi connectivity index (χ4v) is 4.10. The Balaban J connectivity index is 0.00000169. The zero-order valence-corrected chi connectivity index (χ0v) is 14.5. The molecule has 2 aliphatic rings. The normalized spacial score (nSPS) is 20.2. The number of rotatable bonds is 3. The van der Waals surface area contributed by atoms with Crippen molar-refractivity contribution in [3.05, 3.63) is 41.8 Å². The SMILES string of the molecule is Cl.Fc1ccccc1-c1[nH]ncc1CN1CCC2(CCNCC2)C1. The van der Waals surface area contributed by atoms with Crippen molar-refractivity contribution in [1.29, 1.82) is 0 Å². The van der Waals surface area contributed by atoms with E-state index in [4.69, 9.17) is 0 Å². The number of aromatic nitrogens is 2. The molecule has 0 aliphatic carbocycles. The molecule has 2 aromatic rings. The van der Waals surface area contributed by atoms with Gasteiger partial charge in [-0.05, 0) is 56.4 Å². The second-order valence-electron chi connectivity index (χ2n) is 6.96. The van der Waals surface area contributed by atoms with E-state index in [9.17, 15) is 4.39 Å². The highest BCUT2D eigenvalue weighted by Gasteiger charge is 2.38. The Morgan fingerprint density at radius 2 is 1.96 bits per heavy atom. The summed E-state index contributed by atoms with van der Waals surface area (Å²) in [5, 5.41) is 10.6. The number of hydrogen-bond donors (Lipinski definition) is 2. The van der Waals surface area contributed by atoms with Crippen molar-refractivity contribution in [2.75, 3.05) is 26.2 Å². The standard InChI is InChI=1S/C18H23FN4.ClH/c19-16-4-2-1-3-15(16)17-14(11-21-22-17)12-23-10-7-18(13-23)5-8-20-9-6-18;/h1-4,11,20H,5-10,12-13H2,(H,21,22);1H. The molecule has 0 unspecified atom stereocenters. The molecule has 2 saturated heterocycles. The summed E-state index contributed by atoms with van der Waals surface area (Å²) < 4.78 is 14.1. The number of likely N-dealkylation sites (tertiary alicyclic amines) is 1. The summed E-state index contributed by atoms with van der Waals surface area (Å²) in [7, 11) is 0. The lowest BCUT2D eigenvalue weighted by molar-refractivity contribution is 0.194. The van der Waals surface area contributed by atoms with Crippen molar-refractivity contribution in [2.24, 2.45) is 5.41 Å². The summed E-state index contributed by atoms with van der Waals surface area (Å²) in [5.74, 6) is -0.200. The second-order valence-corrected chi connectivity index (χ2v) is 6.96. The van der Waals surface area contributed by atoms with Gasteiger partial charge >= 0.3 is 0 Å². The molecule has 0 saturated carbocycles. The molecule has 1 aromatic heterocycles. The lowest BCUT2D eigenvalue weighted by atomic mass is 9.78. The number of halogens is 2. The van der Waals surface area contributed by atoms with Gasteiger partial charge in [-0.3, -0.25) is 10.00 Å². The van der Waals surface area contributed by atoms with Gasteiger partial charge < -0.3 is 5.32 Å². The van der Waals surface area contributed by atoms with Crippen LogP contribution in [-0.2, 0) is 6.54 Å². The molecule has 2 aliphatic heterocycles. The number of aromatic amines is 1. The monoisotopic (exact) mass is 350 g/mol. The molecule has 130 valence electrons. The second kappa shape index (κ2) is 7.21. The summed E-state index contributed by atoms with van der Waals surface area (Å²) in [4.78, 5) is 2.50. The van der Waals surface area contributed by atoms with Crippen LogP contribution in [0.1, 0.15) is 24.8 Å². The van der Waals surface area contributed by atoms with Crippen LogP contribution >= 0.6 is 12.4 Å². The topological polar surface area (TPSA) is 44.0 Å². The zero-order chi connectivity index (χ0) is 15.7. The molecule has 0 bridgehead atoms. The van der Waals surface area contributed by atoms with Gasteiger partial charge in [0.25, 0.3) is 0 Å². The van der Waals surface area contributed by atoms with E-state index in [1.807, 2.05) is 18.3 Å². The lowest BCUT2D eigenvalue weighted by Gasteiger charge is -2.33. The maximum Gasteiger partial charge on any atom is 0.132 e. The van der Waals surface area contributed by atoms with Crippen molar-refractivity contribution in [3.63, 3.8) is 0 Å². The first-order chi connectivity index (χ1) is 11.3. The summed E-state index contributed by atoms with van der Waals surface area (Å²) >= 11 is 0. The maximum atomic E-state index is 14.1. The number of H-pyrrole nitrogens is 1. The predicted octanol–water partition coefficient (Wildman–Crippen LogP) is 3.21. The van der Waals surface area contributed by atoms with Crippen LogP contribution in [0.3, 0.4) is 0 Å².